The number of nitrogens with two attached hydrogens (primary N) is 1. The third-order valence-corrected chi connectivity index (χ3v) is 4.63. The largest absolute Gasteiger partial charge is 0.392 e. The zero-order valence-electron chi connectivity index (χ0n) is 13.0. The van der Waals surface area contributed by atoms with E-state index < -0.39 is 10.0 Å². The maximum Gasteiger partial charge on any atom is 0.257 e. The molecule has 0 aliphatic carbocycles. The number of nitrogens with one attached hydrogen (secondary N) is 3. The first-order chi connectivity index (χ1) is 11.9. The number of sulfonamides is 1. The number of aliphatic hydroxyl groups excluding tert-OH is 1. The Balaban J connectivity index is 1.77. The summed E-state index contributed by atoms with van der Waals surface area (Å²) in [6.07, 6.45) is 1.48. The summed E-state index contributed by atoms with van der Waals surface area (Å²) in [5.74, 6) is -0.283. The minimum absolute atomic E-state index is 0.00749. The van der Waals surface area contributed by atoms with E-state index in [1.54, 1.807) is 18.2 Å². The highest BCUT2D eigenvalue weighted by Crippen LogP contribution is 2.34. The second-order valence-electron chi connectivity index (χ2n) is 5.35. The lowest BCUT2D eigenvalue weighted by Crippen LogP contribution is -2.17. The summed E-state index contributed by atoms with van der Waals surface area (Å²) in [6.45, 7) is -0.183. The Morgan fingerprint density at radius 2 is 1.88 bits per heavy atom. The van der Waals surface area contributed by atoms with Gasteiger partial charge in [-0.1, -0.05) is 12.1 Å². The highest BCUT2D eigenvalue weighted by atomic mass is 32.2. The fourth-order valence-corrected chi connectivity index (χ4v) is 3.03. The molecule has 2 aromatic rings. The predicted octanol–water partition coefficient (Wildman–Crippen LogP) is 0.736. The standard InChI is InChI=1S/C16H16N4O4S/c17-25(23,24)12-6-4-11(5-7-12)20-18-8-13-15-10(9-21)2-1-3-14(15)19-16(13)22/h1-8,18,20-21H,9H2,(H,19,22)(H2,17,23,24). The Kier molecular flexibility index (Phi) is 4.45. The van der Waals surface area contributed by atoms with Gasteiger partial charge < -0.3 is 21.3 Å². The summed E-state index contributed by atoms with van der Waals surface area (Å²) in [6, 6.07) is 11.1. The maximum atomic E-state index is 12.1. The van der Waals surface area contributed by atoms with Gasteiger partial charge in [0, 0.05) is 17.5 Å². The molecule has 0 spiro atoms. The van der Waals surface area contributed by atoms with E-state index in [1.165, 1.54) is 30.5 Å². The molecule has 0 bridgehead atoms. The van der Waals surface area contributed by atoms with Gasteiger partial charge in [0.1, 0.15) is 0 Å². The van der Waals surface area contributed by atoms with Gasteiger partial charge >= 0.3 is 0 Å². The average Bonchev–Trinajstić information content (AvgIpc) is 2.90. The molecule has 1 heterocycles. The molecule has 6 N–H and O–H groups in total. The van der Waals surface area contributed by atoms with E-state index in [0.717, 1.165) is 0 Å². The van der Waals surface area contributed by atoms with Gasteiger partial charge in [-0.2, -0.15) is 0 Å². The van der Waals surface area contributed by atoms with Crippen LogP contribution >= 0.6 is 0 Å². The van der Waals surface area contributed by atoms with Gasteiger partial charge in [-0.25, -0.2) is 13.6 Å². The molecule has 1 aliphatic rings. The van der Waals surface area contributed by atoms with Crippen LogP contribution in [0, 0.1) is 0 Å². The molecule has 0 atom stereocenters. The Bertz CT molecular complexity index is 953. The van der Waals surface area contributed by atoms with Crippen LogP contribution in [0.2, 0.25) is 0 Å². The first-order valence-electron chi connectivity index (χ1n) is 7.29. The van der Waals surface area contributed by atoms with Gasteiger partial charge in [-0.15, -0.1) is 0 Å². The zero-order valence-corrected chi connectivity index (χ0v) is 13.8. The molecule has 0 saturated heterocycles. The van der Waals surface area contributed by atoms with Crippen molar-refractivity contribution in [3.63, 3.8) is 0 Å². The number of fused-ring (bicyclic) bond motifs is 1. The van der Waals surface area contributed by atoms with Crippen LogP contribution in [0.3, 0.4) is 0 Å². The minimum atomic E-state index is -3.74. The van der Waals surface area contributed by atoms with Crippen molar-refractivity contribution in [2.75, 3.05) is 10.7 Å². The molecule has 0 radical (unpaired) electrons. The number of rotatable bonds is 5. The van der Waals surface area contributed by atoms with Gasteiger partial charge in [-0.3, -0.25) is 4.79 Å². The number of hydrazine groups is 1. The van der Waals surface area contributed by atoms with Crippen molar-refractivity contribution in [1.29, 1.82) is 0 Å². The number of benzene rings is 2. The summed E-state index contributed by atoms with van der Waals surface area (Å²) in [4.78, 5) is 12.1. The molecule has 1 amide bonds. The van der Waals surface area contributed by atoms with Crippen molar-refractivity contribution >= 4 is 32.9 Å². The quantitative estimate of drug-likeness (QED) is 0.394. The van der Waals surface area contributed by atoms with Crippen molar-refractivity contribution < 1.29 is 18.3 Å². The van der Waals surface area contributed by atoms with Crippen LogP contribution in [-0.2, 0) is 21.4 Å². The smallest absolute Gasteiger partial charge is 0.257 e. The predicted molar refractivity (Wildman–Crippen MR) is 93.5 cm³/mol. The second kappa shape index (κ2) is 6.55. The number of primary sulfonamides is 1. The SMILES string of the molecule is NS(=O)(=O)c1ccc(NNC=C2C(=O)Nc3cccc(CO)c32)cc1. The van der Waals surface area contributed by atoms with Crippen LogP contribution < -0.4 is 21.3 Å². The van der Waals surface area contributed by atoms with Crippen LogP contribution in [0.1, 0.15) is 11.1 Å². The van der Waals surface area contributed by atoms with Crippen LogP contribution in [-0.4, -0.2) is 19.4 Å². The lowest BCUT2D eigenvalue weighted by Gasteiger charge is -2.08. The Morgan fingerprint density at radius 1 is 1.16 bits per heavy atom. The van der Waals surface area contributed by atoms with Gasteiger partial charge in [0.15, 0.2) is 0 Å². The summed E-state index contributed by atoms with van der Waals surface area (Å²) >= 11 is 0. The van der Waals surface area contributed by atoms with E-state index in [0.29, 0.717) is 28.1 Å². The third-order valence-electron chi connectivity index (χ3n) is 3.70. The van der Waals surface area contributed by atoms with Gasteiger partial charge in [0.05, 0.1) is 22.8 Å². The molecule has 0 saturated carbocycles. The van der Waals surface area contributed by atoms with E-state index in [4.69, 9.17) is 5.14 Å². The number of anilines is 2. The molecule has 8 nitrogen and oxygen atoms in total. The van der Waals surface area contributed by atoms with Crippen LogP contribution in [0.15, 0.2) is 53.6 Å². The van der Waals surface area contributed by atoms with Crippen LogP contribution in [0.4, 0.5) is 11.4 Å². The Labute approximate surface area is 144 Å². The van der Waals surface area contributed by atoms with E-state index in [2.05, 4.69) is 16.2 Å². The monoisotopic (exact) mass is 360 g/mol. The topological polar surface area (TPSA) is 134 Å². The van der Waals surface area contributed by atoms with Gasteiger partial charge in [-0.05, 0) is 35.9 Å². The lowest BCUT2D eigenvalue weighted by molar-refractivity contribution is -0.110. The van der Waals surface area contributed by atoms with Crippen molar-refractivity contribution in [2.24, 2.45) is 5.14 Å². The highest BCUT2D eigenvalue weighted by Gasteiger charge is 2.26. The fraction of sp³-hybridized carbons (Fsp3) is 0.0625. The van der Waals surface area contributed by atoms with E-state index >= 15 is 0 Å². The Hall–Kier alpha value is -2.88. The number of carbonyl (C=O) groups excluding carboxylic acids is 1. The molecule has 0 unspecified atom stereocenters. The molecular formula is C16H16N4O4S. The molecule has 2 aromatic carbocycles. The zero-order chi connectivity index (χ0) is 18.0. The number of hydrogen-bond acceptors (Lipinski definition) is 6. The van der Waals surface area contributed by atoms with Gasteiger partial charge in [0.2, 0.25) is 10.0 Å². The second-order valence-corrected chi connectivity index (χ2v) is 6.91. The summed E-state index contributed by atoms with van der Waals surface area (Å²) in [7, 11) is -3.74. The highest BCUT2D eigenvalue weighted by molar-refractivity contribution is 7.89. The van der Waals surface area contributed by atoms with Crippen molar-refractivity contribution in [3.8, 4) is 0 Å². The minimum Gasteiger partial charge on any atom is -0.392 e. The Morgan fingerprint density at radius 3 is 2.52 bits per heavy atom. The molecule has 130 valence electrons. The van der Waals surface area contributed by atoms with Crippen LogP contribution in [0.5, 0.6) is 0 Å². The van der Waals surface area contributed by atoms with E-state index in [9.17, 15) is 18.3 Å². The molecular weight excluding hydrogens is 344 g/mol. The number of hydrogen-bond donors (Lipinski definition) is 5. The maximum absolute atomic E-state index is 12.1. The number of amides is 1. The molecule has 3 rings (SSSR count). The molecule has 0 aromatic heterocycles. The summed E-state index contributed by atoms with van der Waals surface area (Å²) in [5.41, 5.74) is 8.52. The molecule has 25 heavy (non-hydrogen) atoms. The van der Waals surface area contributed by atoms with Crippen molar-refractivity contribution in [2.45, 2.75) is 11.5 Å². The number of carbonyl (C=O) groups is 1. The normalized spacial score (nSPS) is 15.0. The fourth-order valence-electron chi connectivity index (χ4n) is 2.51. The van der Waals surface area contributed by atoms with E-state index in [-0.39, 0.29) is 17.4 Å². The lowest BCUT2D eigenvalue weighted by atomic mass is 10.0. The summed E-state index contributed by atoms with van der Waals surface area (Å²) in [5, 5.41) is 17.2. The molecule has 1 aliphatic heterocycles. The summed E-state index contributed by atoms with van der Waals surface area (Å²) < 4.78 is 22.4. The third kappa shape index (κ3) is 3.48. The van der Waals surface area contributed by atoms with Gasteiger partial charge in [0.25, 0.3) is 5.91 Å². The molecule has 9 heteroatoms. The molecule has 0 fully saturated rings. The average molecular weight is 360 g/mol. The number of aliphatic hydroxyl groups is 1. The first kappa shape index (κ1) is 17.0. The van der Waals surface area contributed by atoms with Crippen molar-refractivity contribution in [3.05, 3.63) is 59.8 Å². The first-order valence-corrected chi connectivity index (χ1v) is 8.84. The van der Waals surface area contributed by atoms with E-state index in [1.807, 2.05) is 0 Å². The van der Waals surface area contributed by atoms with Crippen LogP contribution in [0.25, 0.3) is 5.57 Å². The van der Waals surface area contributed by atoms with Crippen molar-refractivity contribution in [1.82, 2.24) is 5.43 Å².